The summed E-state index contributed by atoms with van der Waals surface area (Å²) in [5, 5.41) is 0. The minimum atomic E-state index is -3.53. The topological polar surface area (TPSA) is 57.7 Å². The van der Waals surface area contributed by atoms with E-state index in [4.69, 9.17) is 0 Å². The zero-order valence-electron chi connectivity index (χ0n) is 20.3. The predicted octanol–water partition coefficient (Wildman–Crippen LogP) is 5.02. The van der Waals surface area contributed by atoms with E-state index in [9.17, 15) is 13.2 Å². The number of amides is 1. The van der Waals surface area contributed by atoms with Crippen molar-refractivity contribution in [2.75, 3.05) is 13.1 Å². The van der Waals surface area contributed by atoms with Crippen molar-refractivity contribution in [2.24, 2.45) is 5.92 Å². The van der Waals surface area contributed by atoms with Crippen molar-refractivity contribution in [3.63, 3.8) is 0 Å². The molecule has 1 saturated heterocycles. The largest absolute Gasteiger partial charge is 0.335 e. The molecule has 1 amide bonds. The lowest BCUT2D eigenvalue weighted by Crippen LogP contribution is -2.45. The molecule has 1 saturated carbocycles. The minimum Gasteiger partial charge on any atom is -0.335 e. The first-order valence-corrected chi connectivity index (χ1v) is 13.6. The number of piperidine rings is 1. The maximum Gasteiger partial charge on any atom is 0.243 e. The summed E-state index contributed by atoms with van der Waals surface area (Å²) in [6.07, 6.45) is 3.29. The third-order valence-electron chi connectivity index (χ3n) is 7.02. The summed E-state index contributed by atoms with van der Waals surface area (Å²) < 4.78 is 27.9. The summed E-state index contributed by atoms with van der Waals surface area (Å²) in [6, 6.07) is 14.4. The molecule has 1 aliphatic heterocycles. The van der Waals surface area contributed by atoms with Crippen LogP contribution in [0.15, 0.2) is 47.4 Å². The van der Waals surface area contributed by atoms with Crippen molar-refractivity contribution in [1.29, 1.82) is 0 Å². The Morgan fingerprint density at radius 3 is 2.18 bits per heavy atom. The highest BCUT2D eigenvalue weighted by Gasteiger charge is 2.38. The Morgan fingerprint density at radius 2 is 1.64 bits per heavy atom. The van der Waals surface area contributed by atoms with Crippen molar-refractivity contribution in [1.82, 2.24) is 9.21 Å². The molecule has 2 aromatic rings. The van der Waals surface area contributed by atoms with Gasteiger partial charge >= 0.3 is 0 Å². The van der Waals surface area contributed by atoms with Crippen molar-refractivity contribution in [2.45, 2.75) is 76.8 Å². The molecule has 178 valence electrons. The number of carbonyl (C=O) groups excluding carboxylic acids is 1. The molecule has 4 rings (SSSR count). The molecule has 0 unspecified atom stereocenters. The van der Waals surface area contributed by atoms with E-state index in [1.54, 1.807) is 10.4 Å². The van der Waals surface area contributed by atoms with E-state index < -0.39 is 10.0 Å². The number of rotatable bonds is 7. The quantitative estimate of drug-likeness (QED) is 0.573. The monoisotopic (exact) mass is 468 g/mol. The van der Waals surface area contributed by atoms with Crippen LogP contribution in [0.25, 0.3) is 0 Å². The maximum absolute atomic E-state index is 13.4. The van der Waals surface area contributed by atoms with Crippen LogP contribution in [0.4, 0.5) is 0 Å². The highest BCUT2D eigenvalue weighted by atomic mass is 32.2. The van der Waals surface area contributed by atoms with Crippen molar-refractivity contribution < 1.29 is 13.2 Å². The molecule has 5 nitrogen and oxygen atoms in total. The van der Waals surface area contributed by atoms with Gasteiger partial charge in [0.1, 0.15) is 0 Å². The molecular weight excluding hydrogens is 432 g/mol. The number of sulfonamides is 1. The lowest BCUT2D eigenvalue weighted by Gasteiger charge is -2.34. The molecule has 6 heteroatoms. The SMILES string of the molecule is Cc1ccc(S(=O)(=O)N2CCC(C(=O)N(Cc3ccc(C(C)C)cc3)C3CC3)CC2)c(C)c1. The van der Waals surface area contributed by atoms with Crippen LogP contribution in [0.1, 0.15) is 67.7 Å². The standard InChI is InChI=1S/C27H36N2O3S/c1-19(2)23-8-6-22(7-9-23)18-29(25-10-11-25)27(30)24-13-15-28(16-14-24)33(31,32)26-12-5-20(3)17-21(26)4/h5-9,12,17,19,24-25H,10-11,13-16,18H2,1-4H3. The molecule has 2 aliphatic rings. The molecule has 0 atom stereocenters. The van der Waals surface area contributed by atoms with Crippen LogP contribution in [0.2, 0.25) is 0 Å². The smallest absolute Gasteiger partial charge is 0.243 e. The Balaban J connectivity index is 1.41. The van der Waals surface area contributed by atoms with Crippen molar-refractivity contribution in [3.8, 4) is 0 Å². The van der Waals surface area contributed by atoms with Gasteiger partial charge in [-0.25, -0.2) is 8.42 Å². The maximum atomic E-state index is 13.4. The highest BCUT2D eigenvalue weighted by Crippen LogP contribution is 2.33. The molecule has 0 bridgehead atoms. The molecule has 1 heterocycles. The molecule has 2 aromatic carbocycles. The predicted molar refractivity (Wildman–Crippen MR) is 132 cm³/mol. The van der Waals surface area contributed by atoms with E-state index in [1.165, 1.54) is 5.56 Å². The van der Waals surface area contributed by atoms with E-state index in [2.05, 4.69) is 38.1 Å². The average molecular weight is 469 g/mol. The zero-order chi connectivity index (χ0) is 23.8. The van der Waals surface area contributed by atoms with Gasteiger partial charge in [-0.1, -0.05) is 55.8 Å². The molecule has 0 spiro atoms. The van der Waals surface area contributed by atoms with E-state index >= 15 is 0 Å². The number of aryl methyl sites for hydroxylation is 2. The average Bonchev–Trinajstić information content (AvgIpc) is 3.62. The lowest BCUT2D eigenvalue weighted by atomic mass is 9.96. The van der Waals surface area contributed by atoms with Crippen LogP contribution in [-0.2, 0) is 21.4 Å². The van der Waals surface area contributed by atoms with Gasteiger partial charge in [0.15, 0.2) is 0 Å². The van der Waals surface area contributed by atoms with Gasteiger partial charge in [-0.15, -0.1) is 0 Å². The van der Waals surface area contributed by atoms with Crippen LogP contribution in [0.3, 0.4) is 0 Å². The number of carbonyl (C=O) groups is 1. The van der Waals surface area contributed by atoms with Crippen LogP contribution in [-0.4, -0.2) is 42.7 Å². The summed E-state index contributed by atoms with van der Waals surface area (Å²) >= 11 is 0. The normalized spacial score (nSPS) is 18.0. The zero-order valence-corrected chi connectivity index (χ0v) is 21.1. The molecule has 2 fully saturated rings. The van der Waals surface area contributed by atoms with Gasteiger partial charge in [0.05, 0.1) is 4.90 Å². The van der Waals surface area contributed by atoms with E-state index in [0.29, 0.717) is 49.3 Å². The Hall–Kier alpha value is -2.18. The molecule has 0 N–H and O–H groups in total. The Kier molecular flexibility index (Phi) is 6.96. The van der Waals surface area contributed by atoms with Crippen LogP contribution in [0.5, 0.6) is 0 Å². The molecule has 33 heavy (non-hydrogen) atoms. The molecule has 1 aliphatic carbocycles. The van der Waals surface area contributed by atoms with Crippen molar-refractivity contribution >= 4 is 15.9 Å². The summed E-state index contributed by atoms with van der Waals surface area (Å²) in [4.78, 5) is 15.9. The van der Waals surface area contributed by atoms with E-state index in [1.807, 2.05) is 30.9 Å². The third-order valence-corrected chi connectivity index (χ3v) is 9.08. The van der Waals surface area contributed by atoms with Crippen LogP contribution < -0.4 is 0 Å². The lowest BCUT2D eigenvalue weighted by molar-refractivity contribution is -0.138. The fourth-order valence-corrected chi connectivity index (χ4v) is 6.46. The summed E-state index contributed by atoms with van der Waals surface area (Å²) in [6.45, 7) is 9.61. The summed E-state index contributed by atoms with van der Waals surface area (Å²) in [5.74, 6) is 0.575. The Bertz CT molecular complexity index is 1100. The van der Waals surface area contributed by atoms with Gasteiger partial charge in [-0.2, -0.15) is 4.31 Å². The minimum absolute atomic E-state index is 0.105. The summed E-state index contributed by atoms with van der Waals surface area (Å²) in [7, 11) is -3.53. The van der Waals surface area contributed by atoms with Gasteiger partial charge in [-0.05, 0) is 68.2 Å². The van der Waals surface area contributed by atoms with Crippen LogP contribution in [0, 0.1) is 19.8 Å². The highest BCUT2D eigenvalue weighted by molar-refractivity contribution is 7.89. The Morgan fingerprint density at radius 1 is 1.00 bits per heavy atom. The Labute approximate surface area is 198 Å². The number of benzene rings is 2. The summed E-state index contributed by atoms with van der Waals surface area (Å²) in [5.41, 5.74) is 4.29. The third kappa shape index (κ3) is 5.33. The van der Waals surface area contributed by atoms with Gasteiger partial charge in [0.2, 0.25) is 15.9 Å². The van der Waals surface area contributed by atoms with Gasteiger partial charge in [0.25, 0.3) is 0 Å². The first-order valence-electron chi connectivity index (χ1n) is 12.1. The number of hydrogen-bond acceptors (Lipinski definition) is 3. The van der Waals surface area contributed by atoms with Gasteiger partial charge in [0, 0.05) is 31.6 Å². The van der Waals surface area contributed by atoms with Crippen molar-refractivity contribution in [3.05, 3.63) is 64.7 Å². The molecule has 0 radical (unpaired) electrons. The van der Waals surface area contributed by atoms with Gasteiger partial charge < -0.3 is 4.90 Å². The molecular formula is C27H36N2O3S. The van der Waals surface area contributed by atoms with E-state index in [-0.39, 0.29) is 11.8 Å². The number of nitrogens with zero attached hydrogens (tertiary/aromatic N) is 2. The molecule has 0 aromatic heterocycles. The first-order chi connectivity index (χ1) is 15.7. The van der Waals surface area contributed by atoms with E-state index in [0.717, 1.165) is 29.5 Å². The second kappa shape index (κ2) is 9.59. The van der Waals surface area contributed by atoms with Crippen LogP contribution >= 0.6 is 0 Å². The second-order valence-corrected chi connectivity index (χ2v) is 11.9. The second-order valence-electron chi connectivity index (χ2n) is 10.0. The van der Waals surface area contributed by atoms with Gasteiger partial charge in [-0.3, -0.25) is 4.79 Å². The number of hydrogen-bond donors (Lipinski definition) is 0. The fourth-order valence-electron chi connectivity index (χ4n) is 4.78. The fraction of sp³-hybridized carbons (Fsp3) is 0.519. The first kappa shape index (κ1) is 24.0.